The summed E-state index contributed by atoms with van der Waals surface area (Å²) in [4.78, 5) is 33.3. The minimum absolute atomic E-state index is 0.0572. The Bertz CT molecular complexity index is 1330. The first kappa shape index (κ1) is 22.2. The van der Waals surface area contributed by atoms with E-state index in [0.29, 0.717) is 38.9 Å². The maximum atomic E-state index is 13.0. The fourth-order valence-corrected chi connectivity index (χ4v) is 3.33. The molecular formula is C21H22ClN9O2. The van der Waals surface area contributed by atoms with Gasteiger partial charge in [0.25, 0.3) is 5.91 Å². The molecule has 0 radical (unpaired) electrons. The Balaban J connectivity index is 1.62. The van der Waals surface area contributed by atoms with Gasteiger partial charge in [-0.1, -0.05) is 11.6 Å². The number of anilines is 2. The van der Waals surface area contributed by atoms with Crippen molar-refractivity contribution in [3.63, 3.8) is 0 Å². The van der Waals surface area contributed by atoms with Crippen molar-refractivity contribution in [3.8, 4) is 11.3 Å². The largest absolute Gasteiger partial charge is 0.382 e. The molecule has 0 unspecified atom stereocenters. The van der Waals surface area contributed by atoms with E-state index < -0.39 is 0 Å². The molecule has 4 aromatic heterocycles. The molecule has 0 saturated carbocycles. The Kier molecular flexibility index (Phi) is 6.22. The molecule has 3 N–H and O–H groups in total. The van der Waals surface area contributed by atoms with Gasteiger partial charge < -0.3 is 16.0 Å². The maximum Gasteiger partial charge on any atom is 0.259 e. The summed E-state index contributed by atoms with van der Waals surface area (Å²) < 4.78 is 3.01. The molecule has 2 amide bonds. The van der Waals surface area contributed by atoms with E-state index >= 15 is 0 Å². The van der Waals surface area contributed by atoms with Gasteiger partial charge in [-0.05, 0) is 19.9 Å². The zero-order valence-electron chi connectivity index (χ0n) is 18.2. The number of nitrogens with zero attached hydrogens (tertiary/aromatic N) is 6. The van der Waals surface area contributed by atoms with Gasteiger partial charge in [-0.2, -0.15) is 10.2 Å². The number of carbonyl (C=O) groups excluding carboxylic acids is 2. The first-order chi connectivity index (χ1) is 15.8. The van der Waals surface area contributed by atoms with Gasteiger partial charge in [0, 0.05) is 31.7 Å². The van der Waals surface area contributed by atoms with Crippen molar-refractivity contribution in [2.75, 3.05) is 17.7 Å². The van der Waals surface area contributed by atoms with Gasteiger partial charge in [0.2, 0.25) is 5.91 Å². The Labute approximate surface area is 194 Å². The molecule has 0 aliphatic carbocycles. The third-order valence-electron chi connectivity index (χ3n) is 4.67. The number of fused-ring (bicyclic) bond motifs is 1. The van der Waals surface area contributed by atoms with Crippen molar-refractivity contribution in [1.82, 2.24) is 34.7 Å². The number of nitrogens with one attached hydrogen (secondary N) is 3. The molecule has 0 aromatic carbocycles. The summed E-state index contributed by atoms with van der Waals surface area (Å²) in [5.74, 6) is -0.551. The number of amides is 2. The molecule has 0 atom stereocenters. The number of hydrogen-bond acceptors (Lipinski definition) is 7. The molecule has 12 heteroatoms. The number of hydrogen-bond donors (Lipinski definition) is 3. The quantitative estimate of drug-likeness (QED) is 0.380. The highest BCUT2D eigenvalue weighted by Gasteiger charge is 2.18. The normalized spacial score (nSPS) is 11.1. The SMILES string of the molecule is CNC(=O)Cn1cc(NC(=O)c2cnc(-c3cnn4cc(Cl)cnc34)cc2NC(C)C)cn1. The second-order valence-corrected chi connectivity index (χ2v) is 8.00. The Morgan fingerprint density at radius 1 is 1.09 bits per heavy atom. The smallest absolute Gasteiger partial charge is 0.259 e. The summed E-state index contributed by atoms with van der Waals surface area (Å²) in [6.07, 6.45) is 9.42. The van der Waals surface area contributed by atoms with Crippen molar-refractivity contribution >= 4 is 40.4 Å². The molecular weight excluding hydrogens is 446 g/mol. The molecule has 4 aromatic rings. The predicted octanol–water partition coefficient (Wildman–Crippen LogP) is 2.46. The third-order valence-corrected chi connectivity index (χ3v) is 4.86. The van der Waals surface area contributed by atoms with Gasteiger partial charge in [-0.15, -0.1) is 0 Å². The van der Waals surface area contributed by atoms with E-state index in [2.05, 4.69) is 36.1 Å². The van der Waals surface area contributed by atoms with Crippen LogP contribution in [0.25, 0.3) is 16.9 Å². The van der Waals surface area contributed by atoms with Gasteiger partial charge in [0.15, 0.2) is 5.65 Å². The van der Waals surface area contributed by atoms with Crippen molar-refractivity contribution in [2.24, 2.45) is 0 Å². The van der Waals surface area contributed by atoms with Crippen LogP contribution < -0.4 is 16.0 Å². The molecule has 0 bridgehead atoms. The van der Waals surface area contributed by atoms with Crippen LogP contribution in [0.1, 0.15) is 24.2 Å². The van der Waals surface area contributed by atoms with Gasteiger partial charge >= 0.3 is 0 Å². The van der Waals surface area contributed by atoms with E-state index in [-0.39, 0.29) is 24.4 Å². The first-order valence-electron chi connectivity index (χ1n) is 10.1. The maximum absolute atomic E-state index is 13.0. The topological polar surface area (TPSA) is 131 Å². The van der Waals surface area contributed by atoms with Crippen LogP contribution in [-0.2, 0) is 11.3 Å². The summed E-state index contributed by atoms with van der Waals surface area (Å²) in [6, 6.07) is 1.86. The van der Waals surface area contributed by atoms with Crippen molar-refractivity contribution in [2.45, 2.75) is 26.4 Å². The van der Waals surface area contributed by atoms with E-state index in [1.807, 2.05) is 13.8 Å². The van der Waals surface area contributed by atoms with Crippen LogP contribution in [-0.4, -0.2) is 54.3 Å². The Hall–Kier alpha value is -3.99. The molecule has 0 spiro atoms. The molecule has 4 heterocycles. The molecule has 0 aliphatic rings. The highest BCUT2D eigenvalue weighted by Crippen LogP contribution is 2.27. The van der Waals surface area contributed by atoms with E-state index in [1.54, 1.807) is 42.4 Å². The summed E-state index contributed by atoms with van der Waals surface area (Å²) in [5, 5.41) is 17.5. The van der Waals surface area contributed by atoms with Crippen LogP contribution >= 0.6 is 11.6 Å². The number of aromatic nitrogens is 6. The van der Waals surface area contributed by atoms with E-state index in [1.165, 1.54) is 17.1 Å². The van der Waals surface area contributed by atoms with Gasteiger partial charge in [0.1, 0.15) is 6.54 Å². The lowest BCUT2D eigenvalue weighted by molar-refractivity contribution is -0.121. The van der Waals surface area contributed by atoms with Gasteiger partial charge in [0.05, 0.1) is 51.8 Å². The lowest BCUT2D eigenvalue weighted by Gasteiger charge is -2.15. The number of rotatable bonds is 7. The summed E-state index contributed by atoms with van der Waals surface area (Å²) in [6.45, 7) is 4.01. The minimum atomic E-state index is -0.360. The molecule has 0 aliphatic heterocycles. The van der Waals surface area contributed by atoms with Crippen LogP contribution in [0.4, 0.5) is 11.4 Å². The van der Waals surface area contributed by atoms with E-state index in [0.717, 1.165) is 0 Å². The summed E-state index contributed by atoms with van der Waals surface area (Å²) in [5.41, 5.74) is 3.35. The van der Waals surface area contributed by atoms with Crippen LogP contribution in [0.15, 0.2) is 43.2 Å². The lowest BCUT2D eigenvalue weighted by Crippen LogP contribution is -2.23. The lowest BCUT2D eigenvalue weighted by atomic mass is 10.1. The highest BCUT2D eigenvalue weighted by molar-refractivity contribution is 6.30. The molecule has 170 valence electrons. The van der Waals surface area contributed by atoms with Crippen molar-refractivity contribution < 1.29 is 9.59 Å². The molecule has 4 rings (SSSR count). The zero-order valence-corrected chi connectivity index (χ0v) is 19.0. The van der Waals surface area contributed by atoms with Crippen LogP contribution in [0.2, 0.25) is 5.02 Å². The average molecular weight is 468 g/mol. The zero-order chi connectivity index (χ0) is 23.5. The predicted molar refractivity (Wildman–Crippen MR) is 124 cm³/mol. The average Bonchev–Trinajstić information content (AvgIpc) is 3.39. The van der Waals surface area contributed by atoms with Crippen LogP contribution in [0, 0.1) is 0 Å². The Morgan fingerprint density at radius 2 is 1.91 bits per heavy atom. The number of likely N-dealkylation sites (N-methyl/N-ethyl adjacent to an activating group) is 1. The van der Waals surface area contributed by atoms with Gasteiger partial charge in [-0.3, -0.25) is 19.3 Å². The second kappa shape index (κ2) is 9.25. The fourth-order valence-electron chi connectivity index (χ4n) is 3.19. The van der Waals surface area contributed by atoms with E-state index in [9.17, 15) is 9.59 Å². The standard InChI is InChI=1S/C21H22ClN9O2/c1-12(2)28-18-4-17(15-8-27-31-9-13(22)5-25-20(15)31)24-7-16(18)21(33)29-14-6-26-30(10-14)11-19(32)23-3/h4-10,12H,11H2,1-3H3,(H,23,32)(H,24,28)(H,29,33). The van der Waals surface area contributed by atoms with Gasteiger partial charge in [-0.25, -0.2) is 9.50 Å². The third kappa shape index (κ3) is 4.93. The fraction of sp³-hybridized carbons (Fsp3) is 0.238. The Morgan fingerprint density at radius 3 is 2.67 bits per heavy atom. The molecule has 0 saturated heterocycles. The molecule has 0 fully saturated rings. The summed E-state index contributed by atoms with van der Waals surface area (Å²) >= 11 is 5.99. The number of carbonyl (C=O) groups is 2. The highest BCUT2D eigenvalue weighted by atomic mass is 35.5. The molecule has 11 nitrogen and oxygen atoms in total. The minimum Gasteiger partial charge on any atom is -0.382 e. The van der Waals surface area contributed by atoms with Crippen LogP contribution in [0.3, 0.4) is 0 Å². The first-order valence-corrected chi connectivity index (χ1v) is 10.5. The summed E-state index contributed by atoms with van der Waals surface area (Å²) in [7, 11) is 1.55. The van der Waals surface area contributed by atoms with Crippen molar-refractivity contribution in [1.29, 1.82) is 0 Å². The number of pyridine rings is 1. The second-order valence-electron chi connectivity index (χ2n) is 7.57. The van der Waals surface area contributed by atoms with Crippen molar-refractivity contribution in [3.05, 3.63) is 53.8 Å². The number of halogens is 1. The van der Waals surface area contributed by atoms with E-state index in [4.69, 9.17) is 11.6 Å². The molecule has 33 heavy (non-hydrogen) atoms. The monoisotopic (exact) mass is 467 g/mol. The van der Waals surface area contributed by atoms with Crippen LogP contribution in [0.5, 0.6) is 0 Å².